The van der Waals surface area contributed by atoms with E-state index < -0.39 is 0 Å². The fraction of sp³-hybridized carbons (Fsp3) is 0.571. The third kappa shape index (κ3) is 2.16. The molecule has 0 radical (unpaired) electrons. The molecule has 1 saturated heterocycles. The van der Waals surface area contributed by atoms with Gasteiger partial charge in [0.15, 0.2) is 0 Å². The molecule has 0 amide bonds. The number of nitrogens with zero attached hydrogens (tertiary/aromatic N) is 1. The topological polar surface area (TPSA) is 29.3 Å². The van der Waals surface area contributed by atoms with Crippen LogP contribution in [0.5, 0.6) is 0 Å². The number of anilines is 2. The lowest BCUT2D eigenvalue weighted by Gasteiger charge is -2.27. The Labute approximate surface area is 98.4 Å². The van der Waals surface area contributed by atoms with Gasteiger partial charge in [-0.25, -0.2) is 0 Å². The molecule has 2 N–H and O–H groups in total. The van der Waals surface area contributed by atoms with E-state index in [-0.39, 0.29) is 0 Å². The predicted molar refractivity (Wildman–Crippen MR) is 71.0 cm³/mol. The monoisotopic (exact) mass is 218 g/mol. The molecule has 2 nitrogen and oxygen atoms in total. The summed E-state index contributed by atoms with van der Waals surface area (Å²) in [4.78, 5) is 2.52. The smallest absolute Gasteiger partial charge is 0.0446 e. The molecule has 0 bridgehead atoms. The van der Waals surface area contributed by atoms with Crippen LogP contribution in [0, 0.1) is 13.8 Å². The molecule has 1 fully saturated rings. The van der Waals surface area contributed by atoms with Crippen LogP contribution < -0.4 is 10.6 Å². The second-order valence-electron chi connectivity index (χ2n) is 4.85. The Morgan fingerprint density at radius 1 is 1.00 bits per heavy atom. The van der Waals surface area contributed by atoms with Gasteiger partial charge in [-0.3, -0.25) is 0 Å². The maximum atomic E-state index is 6.01. The van der Waals surface area contributed by atoms with Crippen molar-refractivity contribution >= 4 is 11.4 Å². The number of nitrogen functional groups attached to an aromatic ring is 1. The van der Waals surface area contributed by atoms with Crippen LogP contribution in [0.1, 0.15) is 36.8 Å². The van der Waals surface area contributed by atoms with Gasteiger partial charge in [-0.15, -0.1) is 0 Å². The van der Waals surface area contributed by atoms with Crippen molar-refractivity contribution in [3.05, 3.63) is 23.3 Å². The molecule has 1 aromatic rings. The average molecular weight is 218 g/mol. The standard InChI is InChI=1S/C14H22N2/c1-11-7-8-13(15)12(2)14(11)16-9-5-3-4-6-10-16/h7-8H,3-6,9-10,15H2,1-2H3. The maximum absolute atomic E-state index is 6.01. The highest BCUT2D eigenvalue weighted by Gasteiger charge is 2.15. The minimum Gasteiger partial charge on any atom is -0.398 e. The Morgan fingerprint density at radius 3 is 2.25 bits per heavy atom. The molecule has 1 aromatic carbocycles. The van der Waals surface area contributed by atoms with E-state index in [2.05, 4.69) is 24.8 Å². The SMILES string of the molecule is Cc1ccc(N)c(C)c1N1CCCCCC1. The van der Waals surface area contributed by atoms with Gasteiger partial charge in [0.2, 0.25) is 0 Å². The summed E-state index contributed by atoms with van der Waals surface area (Å²) in [6, 6.07) is 4.16. The molecule has 1 heterocycles. The maximum Gasteiger partial charge on any atom is 0.0446 e. The van der Waals surface area contributed by atoms with Crippen molar-refractivity contribution in [1.29, 1.82) is 0 Å². The zero-order valence-electron chi connectivity index (χ0n) is 10.4. The van der Waals surface area contributed by atoms with E-state index in [1.807, 2.05) is 6.07 Å². The highest BCUT2D eigenvalue weighted by atomic mass is 15.1. The van der Waals surface area contributed by atoms with Gasteiger partial charge >= 0.3 is 0 Å². The fourth-order valence-corrected chi connectivity index (χ4v) is 2.63. The van der Waals surface area contributed by atoms with E-state index in [1.165, 1.54) is 55.6 Å². The van der Waals surface area contributed by atoms with E-state index in [4.69, 9.17) is 5.73 Å². The molecular formula is C14H22N2. The summed E-state index contributed by atoms with van der Waals surface area (Å²) in [5.41, 5.74) is 10.9. The number of aryl methyl sites for hydroxylation is 1. The normalized spacial score (nSPS) is 17.2. The third-order valence-electron chi connectivity index (χ3n) is 3.60. The largest absolute Gasteiger partial charge is 0.398 e. The van der Waals surface area contributed by atoms with Crippen molar-refractivity contribution in [1.82, 2.24) is 0 Å². The number of benzene rings is 1. The van der Waals surface area contributed by atoms with Crippen LogP contribution in [0.3, 0.4) is 0 Å². The minimum atomic E-state index is 0.921. The van der Waals surface area contributed by atoms with Gasteiger partial charge in [-0.2, -0.15) is 0 Å². The summed E-state index contributed by atoms with van der Waals surface area (Å²) in [6.45, 7) is 6.70. The Hall–Kier alpha value is -1.18. The molecule has 0 spiro atoms. The second-order valence-corrected chi connectivity index (χ2v) is 4.85. The lowest BCUT2D eigenvalue weighted by atomic mass is 10.1. The van der Waals surface area contributed by atoms with Gasteiger partial charge in [0.05, 0.1) is 0 Å². The molecule has 1 aliphatic heterocycles. The first-order chi connectivity index (χ1) is 7.70. The van der Waals surface area contributed by atoms with Crippen molar-refractivity contribution in [2.75, 3.05) is 23.7 Å². The van der Waals surface area contributed by atoms with Crippen molar-refractivity contribution in [2.24, 2.45) is 0 Å². The van der Waals surface area contributed by atoms with E-state index in [0.29, 0.717) is 0 Å². The van der Waals surface area contributed by atoms with Crippen LogP contribution >= 0.6 is 0 Å². The number of nitrogens with two attached hydrogens (primary N) is 1. The Kier molecular flexibility index (Phi) is 3.37. The van der Waals surface area contributed by atoms with E-state index in [1.54, 1.807) is 0 Å². The molecular weight excluding hydrogens is 196 g/mol. The quantitative estimate of drug-likeness (QED) is 0.733. The summed E-state index contributed by atoms with van der Waals surface area (Å²) in [5.74, 6) is 0. The van der Waals surface area contributed by atoms with Gasteiger partial charge in [-0.05, 0) is 43.9 Å². The molecule has 0 unspecified atom stereocenters. The predicted octanol–water partition coefficient (Wildman–Crippen LogP) is 3.27. The van der Waals surface area contributed by atoms with E-state index in [9.17, 15) is 0 Å². The molecule has 2 heteroatoms. The molecule has 1 aliphatic rings. The number of hydrogen-bond acceptors (Lipinski definition) is 2. The van der Waals surface area contributed by atoms with Crippen LogP contribution in [0.2, 0.25) is 0 Å². The third-order valence-corrected chi connectivity index (χ3v) is 3.60. The van der Waals surface area contributed by atoms with Crippen LogP contribution in [-0.4, -0.2) is 13.1 Å². The molecule has 88 valence electrons. The highest BCUT2D eigenvalue weighted by Crippen LogP contribution is 2.30. The van der Waals surface area contributed by atoms with Gasteiger partial charge in [0, 0.05) is 24.5 Å². The molecule has 16 heavy (non-hydrogen) atoms. The number of rotatable bonds is 1. The first-order valence-electron chi connectivity index (χ1n) is 6.31. The first-order valence-corrected chi connectivity index (χ1v) is 6.31. The van der Waals surface area contributed by atoms with E-state index >= 15 is 0 Å². The van der Waals surface area contributed by atoms with Gasteiger partial charge in [-0.1, -0.05) is 18.9 Å². The first kappa shape index (κ1) is 11.3. The summed E-state index contributed by atoms with van der Waals surface area (Å²) in [6.07, 6.45) is 5.37. The summed E-state index contributed by atoms with van der Waals surface area (Å²) in [5, 5.41) is 0. The fourth-order valence-electron chi connectivity index (χ4n) is 2.63. The van der Waals surface area contributed by atoms with Gasteiger partial charge in [0.25, 0.3) is 0 Å². The Balaban J connectivity index is 2.33. The van der Waals surface area contributed by atoms with Crippen LogP contribution in [0.25, 0.3) is 0 Å². The minimum absolute atomic E-state index is 0.921. The van der Waals surface area contributed by atoms with Crippen LogP contribution in [-0.2, 0) is 0 Å². The van der Waals surface area contributed by atoms with Crippen molar-refractivity contribution in [3.63, 3.8) is 0 Å². The van der Waals surface area contributed by atoms with Crippen LogP contribution in [0.4, 0.5) is 11.4 Å². The summed E-state index contributed by atoms with van der Waals surface area (Å²) < 4.78 is 0. The molecule has 0 saturated carbocycles. The summed E-state index contributed by atoms with van der Waals surface area (Å²) >= 11 is 0. The molecule has 0 aliphatic carbocycles. The lowest BCUT2D eigenvalue weighted by Crippen LogP contribution is -2.25. The average Bonchev–Trinajstić information content (AvgIpc) is 2.53. The van der Waals surface area contributed by atoms with Crippen molar-refractivity contribution in [2.45, 2.75) is 39.5 Å². The van der Waals surface area contributed by atoms with Gasteiger partial charge < -0.3 is 10.6 Å². The van der Waals surface area contributed by atoms with E-state index in [0.717, 1.165) is 5.69 Å². The van der Waals surface area contributed by atoms with Crippen molar-refractivity contribution in [3.8, 4) is 0 Å². The lowest BCUT2D eigenvalue weighted by molar-refractivity contribution is 0.726. The zero-order valence-corrected chi connectivity index (χ0v) is 10.4. The molecule has 2 rings (SSSR count). The van der Waals surface area contributed by atoms with Crippen LogP contribution in [0.15, 0.2) is 12.1 Å². The van der Waals surface area contributed by atoms with Gasteiger partial charge in [0.1, 0.15) is 0 Å². The Morgan fingerprint density at radius 2 is 1.62 bits per heavy atom. The second kappa shape index (κ2) is 4.77. The number of hydrogen-bond donors (Lipinski definition) is 1. The molecule has 0 atom stereocenters. The zero-order chi connectivity index (χ0) is 11.5. The van der Waals surface area contributed by atoms with Crippen molar-refractivity contribution < 1.29 is 0 Å². The highest BCUT2D eigenvalue weighted by molar-refractivity contribution is 5.68. The summed E-state index contributed by atoms with van der Waals surface area (Å²) in [7, 11) is 0. The Bertz CT molecular complexity index is 363. The molecule has 0 aromatic heterocycles.